The van der Waals surface area contributed by atoms with E-state index in [4.69, 9.17) is 0 Å². The molecule has 11 heavy (non-hydrogen) atoms. The lowest BCUT2D eigenvalue weighted by molar-refractivity contribution is 0.294. The first kappa shape index (κ1) is 9.40. The van der Waals surface area contributed by atoms with Crippen LogP contribution in [0.1, 0.15) is 27.2 Å². The molecule has 0 aromatic rings. The number of hydrogen-bond donors (Lipinski definition) is 1. The Morgan fingerprint density at radius 3 is 2.73 bits per heavy atom. The molecule has 1 nitrogen and oxygen atoms in total. The first-order chi connectivity index (χ1) is 5.11. The highest BCUT2D eigenvalue weighted by molar-refractivity contribution is 7.99. The molecule has 2 heteroatoms. The lowest BCUT2D eigenvalue weighted by atomic mass is 9.88. The zero-order chi connectivity index (χ0) is 8.32. The fraction of sp³-hybridized carbons (Fsp3) is 1.00. The Hall–Kier alpha value is 0.310. The summed E-state index contributed by atoms with van der Waals surface area (Å²) in [6.45, 7) is 8.15. The van der Waals surface area contributed by atoms with Crippen LogP contribution in [-0.4, -0.2) is 24.1 Å². The quantitative estimate of drug-likeness (QED) is 0.602. The summed E-state index contributed by atoms with van der Waals surface area (Å²) in [4.78, 5) is 0. The topological polar surface area (TPSA) is 12.0 Å². The maximum atomic E-state index is 3.60. The van der Waals surface area contributed by atoms with Crippen LogP contribution in [0.25, 0.3) is 0 Å². The SMILES string of the molecule is CC(C)(C)C1CSCCCN1. The Labute approximate surface area is 74.3 Å². The molecule has 1 saturated heterocycles. The minimum absolute atomic E-state index is 0.428. The molecule has 0 aromatic heterocycles. The molecule has 0 amide bonds. The highest BCUT2D eigenvalue weighted by Crippen LogP contribution is 2.24. The molecule has 1 N–H and O–H groups in total. The summed E-state index contributed by atoms with van der Waals surface area (Å²) in [6, 6.07) is 0.704. The minimum atomic E-state index is 0.428. The molecule has 1 atom stereocenters. The van der Waals surface area contributed by atoms with Gasteiger partial charge < -0.3 is 5.32 Å². The molecular formula is C9H19NS. The summed E-state index contributed by atoms with van der Waals surface area (Å²) in [6.07, 6.45) is 1.33. The molecule has 0 aromatic carbocycles. The lowest BCUT2D eigenvalue weighted by Crippen LogP contribution is -2.41. The average molecular weight is 173 g/mol. The van der Waals surface area contributed by atoms with Gasteiger partial charge in [0.15, 0.2) is 0 Å². The van der Waals surface area contributed by atoms with Crippen molar-refractivity contribution in [1.82, 2.24) is 5.32 Å². The van der Waals surface area contributed by atoms with E-state index in [0.717, 1.165) is 0 Å². The Bertz CT molecular complexity index is 109. The minimum Gasteiger partial charge on any atom is -0.313 e. The molecule has 1 unspecified atom stereocenters. The van der Waals surface area contributed by atoms with Crippen LogP contribution in [0.5, 0.6) is 0 Å². The molecule has 1 aliphatic heterocycles. The van der Waals surface area contributed by atoms with Crippen LogP contribution in [0.2, 0.25) is 0 Å². The summed E-state index contributed by atoms with van der Waals surface area (Å²) in [5, 5.41) is 3.60. The van der Waals surface area contributed by atoms with Gasteiger partial charge in [0.2, 0.25) is 0 Å². The van der Waals surface area contributed by atoms with Crippen LogP contribution in [0.4, 0.5) is 0 Å². The molecule has 1 aliphatic rings. The Morgan fingerprint density at radius 2 is 2.09 bits per heavy atom. The third kappa shape index (κ3) is 3.04. The lowest BCUT2D eigenvalue weighted by Gasteiger charge is -2.29. The van der Waals surface area contributed by atoms with Gasteiger partial charge in [0.05, 0.1) is 0 Å². The Balaban J connectivity index is 2.43. The van der Waals surface area contributed by atoms with Crippen molar-refractivity contribution in [3.05, 3.63) is 0 Å². The van der Waals surface area contributed by atoms with Gasteiger partial charge >= 0.3 is 0 Å². The van der Waals surface area contributed by atoms with E-state index in [1.807, 2.05) is 0 Å². The van der Waals surface area contributed by atoms with E-state index in [2.05, 4.69) is 37.8 Å². The van der Waals surface area contributed by atoms with E-state index in [9.17, 15) is 0 Å². The monoisotopic (exact) mass is 173 g/mol. The predicted molar refractivity (Wildman–Crippen MR) is 53.2 cm³/mol. The zero-order valence-electron chi connectivity index (χ0n) is 7.81. The standard InChI is InChI=1S/C9H19NS/c1-9(2,3)8-7-11-6-4-5-10-8/h8,10H,4-7H2,1-3H3. The first-order valence-electron chi connectivity index (χ1n) is 4.42. The maximum absolute atomic E-state index is 3.60. The van der Waals surface area contributed by atoms with Crippen LogP contribution < -0.4 is 5.32 Å². The van der Waals surface area contributed by atoms with Crippen molar-refractivity contribution in [2.75, 3.05) is 18.1 Å². The van der Waals surface area contributed by atoms with Crippen molar-refractivity contribution in [3.63, 3.8) is 0 Å². The summed E-state index contributed by atoms with van der Waals surface area (Å²) >= 11 is 2.09. The summed E-state index contributed by atoms with van der Waals surface area (Å²) in [5.41, 5.74) is 0.428. The summed E-state index contributed by atoms with van der Waals surface area (Å²) in [5.74, 6) is 2.61. The summed E-state index contributed by atoms with van der Waals surface area (Å²) in [7, 11) is 0. The first-order valence-corrected chi connectivity index (χ1v) is 5.57. The normalized spacial score (nSPS) is 28.1. The molecule has 1 fully saturated rings. The maximum Gasteiger partial charge on any atom is 0.0206 e. The largest absolute Gasteiger partial charge is 0.313 e. The summed E-state index contributed by atoms with van der Waals surface area (Å²) < 4.78 is 0. The van der Waals surface area contributed by atoms with Crippen LogP contribution in [-0.2, 0) is 0 Å². The van der Waals surface area contributed by atoms with Crippen LogP contribution in [0.15, 0.2) is 0 Å². The second-order valence-electron chi connectivity index (χ2n) is 4.30. The molecule has 66 valence electrons. The van der Waals surface area contributed by atoms with E-state index < -0.39 is 0 Å². The van der Waals surface area contributed by atoms with E-state index >= 15 is 0 Å². The third-order valence-corrected chi connectivity index (χ3v) is 3.33. The molecule has 0 spiro atoms. The fourth-order valence-electron chi connectivity index (χ4n) is 1.27. The number of rotatable bonds is 0. The van der Waals surface area contributed by atoms with Gasteiger partial charge in [-0.1, -0.05) is 20.8 Å². The highest BCUT2D eigenvalue weighted by atomic mass is 32.2. The molecule has 0 bridgehead atoms. The van der Waals surface area contributed by atoms with Crippen LogP contribution in [0.3, 0.4) is 0 Å². The van der Waals surface area contributed by atoms with E-state index in [0.29, 0.717) is 11.5 Å². The molecule has 0 radical (unpaired) electrons. The van der Waals surface area contributed by atoms with Crippen molar-refractivity contribution in [3.8, 4) is 0 Å². The van der Waals surface area contributed by atoms with Gasteiger partial charge in [-0.15, -0.1) is 0 Å². The molecule has 0 aliphatic carbocycles. The van der Waals surface area contributed by atoms with Gasteiger partial charge in [-0.3, -0.25) is 0 Å². The van der Waals surface area contributed by atoms with Gasteiger partial charge in [0.25, 0.3) is 0 Å². The second kappa shape index (κ2) is 3.81. The zero-order valence-corrected chi connectivity index (χ0v) is 8.63. The Morgan fingerprint density at radius 1 is 1.36 bits per heavy atom. The molecule has 1 heterocycles. The average Bonchev–Trinajstić information content (AvgIpc) is 2.10. The van der Waals surface area contributed by atoms with E-state index in [1.165, 1.54) is 24.5 Å². The van der Waals surface area contributed by atoms with Crippen molar-refractivity contribution < 1.29 is 0 Å². The molecule has 0 saturated carbocycles. The van der Waals surface area contributed by atoms with Gasteiger partial charge in [0.1, 0.15) is 0 Å². The van der Waals surface area contributed by atoms with Crippen LogP contribution >= 0.6 is 11.8 Å². The smallest absolute Gasteiger partial charge is 0.0206 e. The molecule has 1 rings (SSSR count). The number of nitrogens with one attached hydrogen (secondary N) is 1. The van der Waals surface area contributed by atoms with Gasteiger partial charge in [-0.05, 0) is 24.1 Å². The fourth-order valence-corrected chi connectivity index (χ4v) is 2.64. The second-order valence-corrected chi connectivity index (χ2v) is 5.45. The number of hydrogen-bond acceptors (Lipinski definition) is 2. The highest BCUT2D eigenvalue weighted by Gasteiger charge is 2.24. The van der Waals surface area contributed by atoms with Crippen molar-refractivity contribution in [2.45, 2.75) is 33.2 Å². The van der Waals surface area contributed by atoms with E-state index in [1.54, 1.807) is 0 Å². The van der Waals surface area contributed by atoms with Gasteiger partial charge in [0, 0.05) is 11.8 Å². The Kier molecular flexibility index (Phi) is 3.26. The van der Waals surface area contributed by atoms with Crippen molar-refractivity contribution >= 4 is 11.8 Å². The molecular weight excluding hydrogens is 154 g/mol. The number of thioether (sulfide) groups is 1. The van der Waals surface area contributed by atoms with Crippen molar-refractivity contribution in [2.24, 2.45) is 5.41 Å². The third-order valence-electron chi connectivity index (χ3n) is 2.19. The van der Waals surface area contributed by atoms with Crippen LogP contribution in [0, 0.1) is 5.41 Å². The van der Waals surface area contributed by atoms with Gasteiger partial charge in [-0.25, -0.2) is 0 Å². The van der Waals surface area contributed by atoms with Gasteiger partial charge in [-0.2, -0.15) is 11.8 Å². The van der Waals surface area contributed by atoms with Crippen molar-refractivity contribution in [1.29, 1.82) is 0 Å². The van der Waals surface area contributed by atoms with E-state index in [-0.39, 0.29) is 0 Å². The predicted octanol–water partition coefficient (Wildman–Crippen LogP) is 2.13.